The maximum Gasteiger partial charge on any atom is 0.321 e. The predicted molar refractivity (Wildman–Crippen MR) is 183 cm³/mol. The van der Waals surface area contributed by atoms with Gasteiger partial charge >= 0.3 is 11.7 Å². The third-order valence-corrected chi connectivity index (χ3v) is 13.2. The lowest BCUT2D eigenvalue weighted by Crippen LogP contribution is -2.65. The number of amides is 1. The van der Waals surface area contributed by atoms with Crippen LogP contribution in [0.25, 0.3) is 0 Å². The van der Waals surface area contributed by atoms with Crippen molar-refractivity contribution in [2.45, 2.75) is 118 Å². The van der Waals surface area contributed by atoms with Crippen LogP contribution in [0.15, 0.2) is 41.0 Å². The number of ether oxygens (including phenoxy) is 1. The molecule has 13 heteroatoms. The Hall–Kier alpha value is -3.84. The number of nitro groups is 2. The Bertz CT molecular complexity index is 1620. The number of hydrogen-bond donors (Lipinski definition) is 3. The Morgan fingerprint density at radius 3 is 2.34 bits per heavy atom. The van der Waals surface area contributed by atoms with Gasteiger partial charge in [-0.25, -0.2) is 0 Å². The van der Waals surface area contributed by atoms with E-state index in [0.29, 0.717) is 36.8 Å². The number of hydrogen-bond acceptors (Lipinski definition) is 10. The number of allylic oxidation sites excluding steroid dienone is 2. The number of carbonyl (C=O) groups excluding carboxylic acids is 2. The van der Waals surface area contributed by atoms with E-state index in [4.69, 9.17) is 9.57 Å². The van der Waals surface area contributed by atoms with Crippen LogP contribution in [0, 0.1) is 60.1 Å². The smallest absolute Gasteiger partial charge is 0.321 e. The average molecular weight is 698 g/mol. The molecule has 0 saturated heterocycles. The molecule has 13 nitrogen and oxygen atoms in total. The first kappa shape index (κ1) is 37.4. The standard InChI is InChI=1S/C37H51N3O10/c1-20(2)9-8-10-24(34(44)38-50-30-12-11-23(39(45)46)17-27(30)40(47)48)32-26-18-29(43)33-35(5)15-14-28(42)21(3)25(35)13-16-36(33,6)37(26,7)19-31(32)49-22(4)41/h9,11-12,17,21,25-26,28-29,31,33,42-43H,8,10,13-16,18-19H2,1-7H3,(H,38,44)/b32-24-/t21-,25-,26-,28+,29+,31-,33-,35-,36-,37-/m0/s1. The summed E-state index contributed by atoms with van der Waals surface area (Å²) in [6.07, 6.45) is 4.89. The lowest BCUT2D eigenvalue weighted by Gasteiger charge is -2.69. The van der Waals surface area contributed by atoms with Gasteiger partial charge in [0.15, 0.2) is 0 Å². The Morgan fingerprint density at radius 2 is 1.72 bits per heavy atom. The Labute approximate surface area is 292 Å². The molecule has 1 aromatic rings. The molecule has 10 atom stereocenters. The monoisotopic (exact) mass is 697 g/mol. The molecular formula is C37H51N3O10. The average Bonchev–Trinajstić information content (AvgIpc) is 3.30. The molecule has 1 aromatic carbocycles. The molecule has 274 valence electrons. The molecule has 5 rings (SSSR count). The van der Waals surface area contributed by atoms with Gasteiger partial charge in [0.05, 0.1) is 28.1 Å². The van der Waals surface area contributed by atoms with Crippen molar-refractivity contribution >= 4 is 23.3 Å². The molecule has 4 fully saturated rings. The number of esters is 1. The van der Waals surface area contributed by atoms with E-state index in [-0.39, 0.29) is 52.8 Å². The summed E-state index contributed by atoms with van der Waals surface area (Å²) < 4.78 is 6.01. The molecule has 0 aromatic heterocycles. The van der Waals surface area contributed by atoms with Crippen molar-refractivity contribution in [3.63, 3.8) is 0 Å². The molecule has 4 saturated carbocycles. The number of aliphatic hydroxyl groups is 2. The quantitative estimate of drug-likeness (QED) is 0.0843. The van der Waals surface area contributed by atoms with Crippen molar-refractivity contribution in [1.29, 1.82) is 0 Å². The first-order valence-electron chi connectivity index (χ1n) is 17.7. The fraction of sp³-hybridized carbons (Fsp3) is 0.676. The molecule has 4 aliphatic rings. The van der Waals surface area contributed by atoms with Gasteiger partial charge < -0.3 is 19.8 Å². The van der Waals surface area contributed by atoms with E-state index in [0.717, 1.165) is 43.0 Å². The summed E-state index contributed by atoms with van der Waals surface area (Å²) in [5.41, 5.74) is 2.08. The van der Waals surface area contributed by atoms with Crippen LogP contribution < -0.4 is 10.3 Å². The van der Waals surface area contributed by atoms with Gasteiger partial charge in [-0.15, -0.1) is 0 Å². The Balaban J connectivity index is 1.58. The summed E-state index contributed by atoms with van der Waals surface area (Å²) in [7, 11) is 0. The van der Waals surface area contributed by atoms with Crippen LogP contribution in [-0.4, -0.2) is 50.2 Å². The van der Waals surface area contributed by atoms with Crippen LogP contribution in [0.2, 0.25) is 0 Å². The zero-order valence-electron chi connectivity index (χ0n) is 30.1. The fourth-order valence-electron chi connectivity index (χ4n) is 10.8. The van der Waals surface area contributed by atoms with E-state index in [2.05, 4.69) is 33.2 Å². The normalized spacial score (nSPS) is 36.9. The van der Waals surface area contributed by atoms with Crippen molar-refractivity contribution in [2.75, 3.05) is 0 Å². The highest BCUT2D eigenvalue weighted by atomic mass is 16.7. The maximum absolute atomic E-state index is 14.2. The van der Waals surface area contributed by atoms with Gasteiger partial charge in [-0.2, -0.15) is 5.48 Å². The fourth-order valence-corrected chi connectivity index (χ4v) is 10.8. The molecule has 4 aliphatic carbocycles. The van der Waals surface area contributed by atoms with E-state index in [1.54, 1.807) is 0 Å². The summed E-state index contributed by atoms with van der Waals surface area (Å²) in [5, 5.41) is 46.0. The maximum atomic E-state index is 14.2. The van der Waals surface area contributed by atoms with Crippen molar-refractivity contribution in [1.82, 2.24) is 5.48 Å². The summed E-state index contributed by atoms with van der Waals surface area (Å²) in [4.78, 5) is 53.6. The lowest BCUT2D eigenvalue weighted by molar-refractivity contribution is -0.394. The zero-order chi connectivity index (χ0) is 36.9. The number of nitrogens with zero attached hydrogens (tertiary/aromatic N) is 2. The first-order valence-corrected chi connectivity index (χ1v) is 17.7. The van der Waals surface area contributed by atoms with Gasteiger partial charge in [0, 0.05) is 18.6 Å². The third-order valence-electron chi connectivity index (χ3n) is 13.2. The topological polar surface area (TPSA) is 191 Å². The largest absolute Gasteiger partial charge is 0.458 e. The summed E-state index contributed by atoms with van der Waals surface area (Å²) in [6.45, 7) is 14.1. The molecule has 1 amide bonds. The van der Waals surface area contributed by atoms with Crippen molar-refractivity contribution in [3.05, 3.63) is 61.2 Å². The highest BCUT2D eigenvalue weighted by Crippen LogP contribution is 2.74. The Morgan fingerprint density at radius 1 is 1.02 bits per heavy atom. The number of hydroxylamine groups is 1. The van der Waals surface area contributed by atoms with Crippen LogP contribution in [0.4, 0.5) is 11.4 Å². The summed E-state index contributed by atoms with van der Waals surface area (Å²) in [6, 6.07) is 2.87. The first-order chi connectivity index (χ1) is 23.4. The van der Waals surface area contributed by atoms with Crippen LogP contribution >= 0.6 is 0 Å². The molecule has 0 radical (unpaired) electrons. The molecule has 50 heavy (non-hydrogen) atoms. The third kappa shape index (κ3) is 6.31. The van der Waals surface area contributed by atoms with E-state index in [9.17, 15) is 40.0 Å². The van der Waals surface area contributed by atoms with E-state index < -0.39 is 50.7 Å². The van der Waals surface area contributed by atoms with Crippen LogP contribution in [0.3, 0.4) is 0 Å². The van der Waals surface area contributed by atoms with Gasteiger partial charge in [-0.3, -0.25) is 29.8 Å². The minimum absolute atomic E-state index is 0.0729. The second-order valence-corrected chi connectivity index (χ2v) is 16.0. The highest BCUT2D eigenvalue weighted by molar-refractivity contribution is 5.94. The second kappa shape index (κ2) is 13.7. The minimum Gasteiger partial charge on any atom is -0.458 e. The number of fused-ring (bicyclic) bond motifs is 5. The van der Waals surface area contributed by atoms with Gasteiger partial charge in [-0.1, -0.05) is 39.3 Å². The number of benzene rings is 1. The number of nitro benzene ring substituents is 2. The molecule has 3 N–H and O–H groups in total. The predicted octanol–water partition coefficient (Wildman–Crippen LogP) is 6.51. The highest BCUT2D eigenvalue weighted by Gasteiger charge is 2.70. The number of non-ortho nitro benzene ring substituents is 1. The lowest BCUT2D eigenvalue weighted by atomic mass is 9.36. The van der Waals surface area contributed by atoms with Gasteiger partial charge in [0.2, 0.25) is 5.75 Å². The minimum atomic E-state index is -0.828. The van der Waals surface area contributed by atoms with E-state index in [1.807, 2.05) is 19.9 Å². The van der Waals surface area contributed by atoms with E-state index >= 15 is 0 Å². The molecule has 0 aliphatic heterocycles. The zero-order valence-corrected chi connectivity index (χ0v) is 30.1. The number of rotatable bonds is 9. The van der Waals surface area contributed by atoms with E-state index in [1.165, 1.54) is 6.92 Å². The van der Waals surface area contributed by atoms with Crippen molar-refractivity contribution in [2.24, 2.45) is 39.9 Å². The van der Waals surface area contributed by atoms with Gasteiger partial charge in [-0.05, 0) is 117 Å². The molecule has 0 spiro atoms. The molecular weight excluding hydrogens is 646 g/mol. The number of aliphatic hydroxyl groups excluding tert-OH is 2. The van der Waals surface area contributed by atoms with Crippen molar-refractivity contribution in [3.8, 4) is 5.75 Å². The van der Waals surface area contributed by atoms with Crippen molar-refractivity contribution < 1.29 is 39.2 Å². The number of nitrogens with one attached hydrogen (secondary N) is 1. The molecule has 0 heterocycles. The summed E-state index contributed by atoms with van der Waals surface area (Å²) >= 11 is 0. The SMILES string of the molecule is CC(=O)O[C@H]1C[C@@]2(C)[C@@H](C[C@@H](O)[C@H]3[C@@]4(C)CC[C@@H](O)[C@@H](C)[C@@H]4CC[C@@]32C)/C1=C(\CCC=C(C)C)C(=O)NOc1ccc([N+](=O)[O-])cc1[N+](=O)[O-]. The van der Waals surface area contributed by atoms with Crippen LogP contribution in [-0.2, 0) is 14.3 Å². The van der Waals surface area contributed by atoms with Gasteiger partial charge in [0.1, 0.15) is 6.10 Å². The van der Waals surface area contributed by atoms with Crippen LogP contribution in [0.5, 0.6) is 5.75 Å². The summed E-state index contributed by atoms with van der Waals surface area (Å²) in [5.74, 6) is -1.58. The molecule has 0 unspecified atom stereocenters. The van der Waals surface area contributed by atoms with Crippen LogP contribution in [0.1, 0.15) is 99.8 Å². The van der Waals surface area contributed by atoms with Gasteiger partial charge in [0.25, 0.3) is 11.6 Å². The second-order valence-electron chi connectivity index (χ2n) is 16.0. The Kier molecular flexibility index (Phi) is 10.3. The molecule has 0 bridgehead atoms. The number of carbonyl (C=O) groups is 2.